The first-order valence-corrected chi connectivity index (χ1v) is 12.0. The Morgan fingerprint density at radius 1 is 1.11 bits per heavy atom. The van der Waals surface area contributed by atoms with Crippen molar-refractivity contribution in [2.75, 3.05) is 5.73 Å². The molecular weight excluding hydrogens is 466 g/mol. The Balaban J connectivity index is 0.000000182. The van der Waals surface area contributed by atoms with Gasteiger partial charge in [-0.1, -0.05) is 43.0 Å². The quantitative estimate of drug-likeness (QED) is 0.373. The van der Waals surface area contributed by atoms with Gasteiger partial charge in [0.2, 0.25) is 0 Å². The van der Waals surface area contributed by atoms with Crippen LogP contribution in [-0.2, 0) is 6.42 Å². The van der Waals surface area contributed by atoms with Gasteiger partial charge in [-0.05, 0) is 43.2 Å². The smallest absolute Gasteiger partial charge is 0.267 e. The van der Waals surface area contributed by atoms with E-state index in [1.54, 1.807) is 23.0 Å². The van der Waals surface area contributed by atoms with E-state index in [1.165, 1.54) is 17.4 Å². The highest BCUT2D eigenvalue weighted by atomic mass is 16.1. The number of primary amides is 1. The number of carbonyl (C=O) groups is 1. The molecule has 4 N–H and O–H groups in total. The fourth-order valence-corrected chi connectivity index (χ4v) is 4.01. The zero-order valence-corrected chi connectivity index (χ0v) is 20.3. The van der Waals surface area contributed by atoms with Crippen LogP contribution in [0, 0.1) is 17.8 Å². The number of para-hydroxylation sites is 1. The number of amides is 1. The van der Waals surface area contributed by atoms with Gasteiger partial charge in [-0.15, -0.1) is 5.10 Å². The lowest BCUT2D eigenvalue weighted by molar-refractivity contribution is 0.100. The van der Waals surface area contributed by atoms with Crippen LogP contribution in [0.15, 0.2) is 71.8 Å². The second-order valence-corrected chi connectivity index (χ2v) is 8.61. The van der Waals surface area contributed by atoms with Crippen LogP contribution >= 0.6 is 0 Å². The SMILES string of the molecule is CCc1nc2cccc(C#CC3CC3)c2c(=O)n1-c1ccccc1.NC(=O)c1c(N)nn2cccnc12. The predicted octanol–water partition coefficient (Wildman–Crippen LogP) is 3.12. The van der Waals surface area contributed by atoms with Gasteiger partial charge in [0.15, 0.2) is 11.5 Å². The molecule has 9 nitrogen and oxygen atoms in total. The zero-order valence-electron chi connectivity index (χ0n) is 20.3. The van der Waals surface area contributed by atoms with Gasteiger partial charge >= 0.3 is 0 Å². The summed E-state index contributed by atoms with van der Waals surface area (Å²) in [6.45, 7) is 2.02. The van der Waals surface area contributed by atoms with E-state index in [9.17, 15) is 9.59 Å². The number of anilines is 1. The number of aryl methyl sites for hydroxylation is 1. The zero-order chi connectivity index (χ0) is 25.9. The van der Waals surface area contributed by atoms with Crippen LogP contribution in [-0.4, -0.2) is 30.1 Å². The summed E-state index contributed by atoms with van der Waals surface area (Å²) < 4.78 is 3.13. The molecule has 0 atom stereocenters. The molecule has 3 aromatic heterocycles. The maximum Gasteiger partial charge on any atom is 0.267 e. The first-order valence-electron chi connectivity index (χ1n) is 12.0. The first kappa shape index (κ1) is 23.8. The maximum absolute atomic E-state index is 13.2. The monoisotopic (exact) mass is 491 g/mol. The van der Waals surface area contributed by atoms with Crippen molar-refractivity contribution >= 4 is 28.3 Å². The minimum atomic E-state index is -0.619. The van der Waals surface area contributed by atoms with Crippen molar-refractivity contribution < 1.29 is 4.79 Å². The lowest BCUT2D eigenvalue weighted by Gasteiger charge is -2.13. The fraction of sp³-hybridized carbons (Fsp3) is 0.179. The predicted molar refractivity (Wildman–Crippen MR) is 142 cm³/mol. The summed E-state index contributed by atoms with van der Waals surface area (Å²) in [5.41, 5.74) is 13.5. The Hall–Kier alpha value is -4.97. The van der Waals surface area contributed by atoms with Gasteiger partial charge in [0, 0.05) is 30.3 Å². The largest absolute Gasteiger partial charge is 0.381 e. The number of hydrogen-bond acceptors (Lipinski definition) is 6. The molecule has 0 bridgehead atoms. The summed E-state index contributed by atoms with van der Waals surface area (Å²) in [5.74, 6) is 7.21. The van der Waals surface area contributed by atoms with Crippen LogP contribution in [0.3, 0.4) is 0 Å². The molecule has 6 rings (SSSR count). The Labute approximate surface area is 212 Å². The van der Waals surface area contributed by atoms with Gasteiger partial charge in [0.25, 0.3) is 11.5 Å². The van der Waals surface area contributed by atoms with Crippen LogP contribution in [0.5, 0.6) is 0 Å². The molecule has 0 radical (unpaired) electrons. The molecule has 3 heterocycles. The minimum absolute atomic E-state index is 0.0382. The summed E-state index contributed by atoms with van der Waals surface area (Å²) in [5, 5.41) is 4.48. The normalized spacial score (nSPS) is 12.5. The molecule has 5 aromatic rings. The third-order valence-electron chi connectivity index (χ3n) is 5.95. The molecule has 1 aliphatic rings. The fourth-order valence-electron chi connectivity index (χ4n) is 4.01. The number of carbonyl (C=O) groups excluding carboxylic acids is 1. The van der Waals surface area contributed by atoms with E-state index >= 15 is 0 Å². The molecule has 0 aliphatic heterocycles. The maximum atomic E-state index is 13.2. The molecular formula is C28H25N7O2. The summed E-state index contributed by atoms with van der Waals surface area (Å²) in [7, 11) is 0. The lowest BCUT2D eigenvalue weighted by atomic mass is 10.1. The molecule has 1 amide bonds. The van der Waals surface area contributed by atoms with Crippen molar-refractivity contribution in [3.63, 3.8) is 0 Å². The van der Waals surface area contributed by atoms with Crippen LogP contribution in [0.25, 0.3) is 22.2 Å². The molecule has 37 heavy (non-hydrogen) atoms. The molecule has 1 aliphatic carbocycles. The van der Waals surface area contributed by atoms with Gasteiger partial charge in [-0.3, -0.25) is 14.2 Å². The minimum Gasteiger partial charge on any atom is -0.381 e. The Kier molecular flexibility index (Phi) is 6.39. The number of rotatable bonds is 3. The summed E-state index contributed by atoms with van der Waals surface area (Å²) in [6, 6.07) is 17.1. The van der Waals surface area contributed by atoms with Gasteiger partial charge in [-0.2, -0.15) is 0 Å². The summed E-state index contributed by atoms with van der Waals surface area (Å²) in [4.78, 5) is 32.9. The molecule has 1 saturated carbocycles. The standard InChI is InChI=1S/C21H18N2O.C7H7N5O/c1-2-19-22-18-10-6-7-16(14-13-15-11-12-15)20(18)21(24)23(19)17-8-4-3-5-9-17;8-5-4(6(9)13)7-10-2-1-3-12(7)11-5/h3-10,15H,2,11-12H2,1H3;1-3H,(H2,8,11)(H2,9,13). The van der Waals surface area contributed by atoms with Crippen molar-refractivity contribution in [2.24, 2.45) is 11.7 Å². The highest BCUT2D eigenvalue weighted by Crippen LogP contribution is 2.28. The topological polar surface area (TPSA) is 134 Å². The molecule has 0 spiro atoms. The van der Waals surface area contributed by atoms with E-state index in [2.05, 4.69) is 21.9 Å². The second kappa shape index (κ2) is 9.95. The number of nitrogen functional groups attached to an aromatic ring is 1. The molecule has 2 aromatic carbocycles. The van der Waals surface area contributed by atoms with Crippen LogP contribution in [0.1, 0.15) is 41.5 Å². The second-order valence-electron chi connectivity index (χ2n) is 8.61. The average Bonchev–Trinajstić information content (AvgIpc) is 3.67. The number of hydrogen-bond donors (Lipinski definition) is 2. The van der Waals surface area contributed by atoms with Gasteiger partial charge in [0.05, 0.1) is 16.6 Å². The number of benzene rings is 2. The molecule has 184 valence electrons. The van der Waals surface area contributed by atoms with Gasteiger partial charge in [-0.25, -0.2) is 14.5 Å². The average molecular weight is 492 g/mol. The third-order valence-corrected chi connectivity index (χ3v) is 5.95. The lowest BCUT2D eigenvalue weighted by Crippen LogP contribution is -2.24. The number of fused-ring (bicyclic) bond motifs is 2. The van der Waals surface area contributed by atoms with E-state index in [0.29, 0.717) is 23.4 Å². The van der Waals surface area contributed by atoms with E-state index < -0.39 is 5.91 Å². The third kappa shape index (κ3) is 4.77. The summed E-state index contributed by atoms with van der Waals surface area (Å²) in [6.07, 6.45) is 6.22. The number of aromatic nitrogens is 5. The Bertz CT molecular complexity index is 1740. The van der Waals surface area contributed by atoms with E-state index in [1.807, 2.05) is 55.5 Å². The Morgan fingerprint density at radius 2 is 1.89 bits per heavy atom. The first-order chi connectivity index (χ1) is 18.0. The van der Waals surface area contributed by atoms with Crippen molar-refractivity contribution in [3.8, 4) is 17.5 Å². The molecule has 9 heteroatoms. The molecule has 0 unspecified atom stereocenters. The van der Waals surface area contributed by atoms with E-state index in [0.717, 1.165) is 22.6 Å². The number of nitrogens with two attached hydrogens (primary N) is 2. The van der Waals surface area contributed by atoms with Crippen molar-refractivity contribution in [1.29, 1.82) is 0 Å². The Morgan fingerprint density at radius 3 is 2.59 bits per heavy atom. The molecule has 0 saturated heterocycles. The summed E-state index contributed by atoms with van der Waals surface area (Å²) >= 11 is 0. The highest BCUT2D eigenvalue weighted by Gasteiger charge is 2.19. The molecule has 1 fully saturated rings. The van der Waals surface area contributed by atoms with Crippen molar-refractivity contribution in [3.05, 3.63) is 94.3 Å². The van der Waals surface area contributed by atoms with Gasteiger partial charge in [0.1, 0.15) is 11.4 Å². The van der Waals surface area contributed by atoms with Gasteiger partial charge < -0.3 is 11.5 Å². The van der Waals surface area contributed by atoms with E-state index in [4.69, 9.17) is 16.5 Å². The van der Waals surface area contributed by atoms with Crippen LogP contribution < -0.4 is 17.0 Å². The highest BCUT2D eigenvalue weighted by molar-refractivity contribution is 6.03. The van der Waals surface area contributed by atoms with Crippen molar-refractivity contribution in [2.45, 2.75) is 26.2 Å². The van der Waals surface area contributed by atoms with Crippen molar-refractivity contribution in [1.82, 2.24) is 24.1 Å². The van der Waals surface area contributed by atoms with Crippen LogP contribution in [0.2, 0.25) is 0 Å². The van der Waals surface area contributed by atoms with E-state index in [-0.39, 0.29) is 16.9 Å². The number of nitrogens with zero attached hydrogens (tertiary/aromatic N) is 5. The van der Waals surface area contributed by atoms with Crippen LogP contribution in [0.4, 0.5) is 5.82 Å².